The molecule has 14 nitrogen and oxygen atoms in total. The zero-order valence-corrected chi connectivity index (χ0v) is 30.0. The van der Waals surface area contributed by atoms with Gasteiger partial charge in [0.05, 0.1) is 50.6 Å². The summed E-state index contributed by atoms with van der Waals surface area (Å²) in [7, 11) is 3.11. The molecule has 3 aromatic carbocycles. The van der Waals surface area contributed by atoms with E-state index in [9.17, 15) is 29.7 Å². The van der Waals surface area contributed by atoms with Gasteiger partial charge in [0.25, 0.3) is 0 Å². The monoisotopic (exact) mass is 748 g/mol. The van der Waals surface area contributed by atoms with E-state index in [1.165, 1.54) is 60.7 Å². The highest BCUT2D eigenvalue weighted by Gasteiger charge is 2.30. The number of esters is 2. The number of rotatable bonds is 14. The molecule has 0 saturated heterocycles. The Hall–Kier alpha value is -5.52. The Bertz CT molecular complexity index is 1770. The Morgan fingerprint density at radius 2 is 1.00 bits per heavy atom. The molecule has 0 amide bonds. The summed E-state index contributed by atoms with van der Waals surface area (Å²) in [5.41, 5.74) is 0.0771. The molecule has 1 aliphatic heterocycles. The minimum absolute atomic E-state index is 0.0850. The van der Waals surface area contributed by atoms with Gasteiger partial charge in [-0.1, -0.05) is 23.5 Å². The van der Waals surface area contributed by atoms with Crippen molar-refractivity contribution in [1.82, 2.24) is 0 Å². The largest absolute Gasteiger partial charge is 0.513 e. The third-order valence-corrected chi connectivity index (χ3v) is 9.77. The zero-order chi connectivity index (χ0) is 37.6. The van der Waals surface area contributed by atoms with Gasteiger partial charge in [0, 0.05) is 27.1 Å². The number of thioether (sulfide) groups is 2. The fraction of sp³-hybridized carbons (Fsp3) is 0.278. The first-order chi connectivity index (χ1) is 25.0. The lowest BCUT2D eigenvalue weighted by atomic mass is 10.2. The summed E-state index contributed by atoms with van der Waals surface area (Å²) >= 11 is 2.02. The van der Waals surface area contributed by atoms with Crippen LogP contribution in [0.5, 0.6) is 23.0 Å². The van der Waals surface area contributed by atoms with Crippen LogP contribution in [-0.4, -0.2) is 63.9 Å². The van der Waals surface area contributed by atoms with Crippen LogP contribution in [0.3, 0.4) is 0 Å². The molecule has 0 bridgehead atoms. The van der Waals surface area contributed by atoms with Crippen LogP contribution in [0.4, 0.5) is 9.59 Å². The van der Waals surface area contributed by atoms with E-state index in [4.69, 9.17) is 37.9 Å². The van der Waals surface area contributed by atoms with Crippen molar-refractivity contribution in [1.29, 1.82) is 10.5 Å². The number of nitriles is 2. The van der Waals surface area contributed by atoms with Crippen LogP contribution in [0, 0.1) is 22.7 Å². The molecule has 52 heavy (non-hydrogen) atoms. The summed E-state index contributed by atoms with van der Waals surface area (Å²) in [6.45, 7) is 3.89. The van der Waals surface area contributed by atoms with Crippen molar-refractivity contribution in [2.24, 2.45) is 0 Å². The highest BCUT2D eigenvalue weighted by atomic mass is 32.2. The van der Waals surface area contributed by atoms with Crippen LogP contribution in [0.1, 0.15) is 47.4 Å². The lowest BCUT2D eigenvalue weighted by molar-refractivity contribution is 0.0618. The Kier molecular flexibility index (Phi) is 14.5. The van der Waals surface area contributed by atoms with Gasteiger partial charge in [0.2, 0.25) is 0 Å². The Balaban J connectivity index is 1.44. The molecule has 3 aromatic rings. The van der Waals surface area contributed by atoms with Crippen molar-refractivity contribution < 1.29 is 57.1 Å². The lowest BCUT2D eigenvalue weighted by Gasteiger charge is -2.12. The molecule has 0 N–H and O–H groups in total. The van der Waals surface area contributed by atoms with Gasteiger partial charge in [-0.25, -0.2) is 19.2 Å². The molecule has 2 unspecified atom stereocenters. The molecule has 4 rings (SSSR count). The highest BCUT2D eigenvalue weighted by molar-refractivity contribution is 8.24. The van der Waals surface area contributed by atoms with Crippen LogP contribution < -0.4 is 18.9 Å². The third-order valence-electron chi connectivity index (χ3n) is 7.14. The summed E-state index contributed by atoms with van der Waals surface area (Å²) in [5.74, 6) is -1.06. The molecule has 1 heterocycles. The molecule has 270 valence electrons. The molecule has 0 spiro atoms. The average molecular weight is 749 g/mol. The average Bonchev–Trinajstić information content (AvgIpc) is 3.59. The second kappa shape index (κ2) is 19.2. The van der Waals surface area contributed by atoms with E-state index in [0.717, 1.165) is 23.5 Å². The van der Waals surface area contributed by atoms with Gasteiger partial charge < -0.3 is 37.9 Å². The van der Waals surface area contributed by atoms with E-state index in [-0.39, 0.29) is 65.1 Å². The van der Waals surface area contributed by atoms with Gasteiger partial charge in [-0.2, -0.15) is 10.5 Å². The van der Waals surface area contributed by atoms with Crippen LogP contribution in [-0.2, 0) is 18.9 Å². The van der Waals surface area contributed by atoms with Crippen molar-refractivity contribution >= 4 is 47.8 Å². The number of methoxy groups -OCH3 is 2. The minimum atomic E-state index is -0.908. The lowest BCUT2D eigenvalue weighted by Crippen LogP contribution is -2.15. The van der Waals surface area contributed by atoms with Crippen molar-refractivity contribution in [3.8, 4) is 35.1 Å². The van der Waals surface area contributed by atoms with Crippen LogP contribution >= 0.6 is 23.5 Å². The fourth-order valence-electron chi connectivity index (χ4n) is 4.04. The van der Waals surface area contributed by atoms with Gasteiger partial charge in [-0.05, 0) is 74.5 Å². The minimum Gasteiger partial charge on any atom is -0.434 e. The summed E-state index contributed by atoms with van der Waals surface area (Å²) < 4.78 is 42.1. The second-order valence-corrected chi connectivity index (χ2v) is 13.0. The molecule has 0 aliphatic carbocycles. The Labute approximate surface area is 307 Å². The maximum atomic E-state index is 13.1. The van der Waals surface area contributed by atoms with Gasteiger partial charge in [-0.15, -0.1) is 0 Å². The number of nitrogens with zero attached hydrogens (tertiary/aromatic N) is 2. The summed E-state index contributed by atoms with van der Waals surface area (Å²) in [6, 6.07) is 17.7. The normalized spacial score (nSPS) is 12.6. The molecule has 1 aliphatic rings. The number of hydrogen-bond acceptors (Lipinski definition) is 16. The number of carbonyl (C=O) groups is 4. The van der Waals surface area contributed by atoms with E-state index in [1.807, 2.05) is 26.0 Å². The van der Waals surface area contributed by atoms with Crippen LogP contribution in [0.25, 0.3) is 0 Å². The molecule has 0 saturated carbocycles. The maximum absolute atomic E-state index is 13.1. The van der Waals surface area contributed by atoms with Crippen LogP contribution in [0.2, 0.25) is 0 Å². The van der Waals surface area contributed by atoms with E-state index < -0.39 is 24.2 Å². The summed E-state index contributed by atoms with van der Waals surface area (Å²) in [5, 5.41) is 19.0. The Morgan fingerprint density at radius 1 is 0.615 bits per heavy atom. The molecule has 2 atom stereocenters. The summed E-state index contributed by atoms with van der Waals surface area (Å²) in [6.07, 6.45) is -1.00. The standard InChI is InChI=1S/C36H32N2O12S2/c1-21(43-3)15-17-45-35(41)47-26-9-5-23(6-10-26)32(39)49-28-13-14-29(31-30(28)51-34(52-31)25(19-37)20-38)50-33(40)24-7-11-27(12-8-24)48-36(42)46-18-16-22(2)44-4/h5-14,21-22H,15-18H2,1-4H3. The molecular formula is C36H32N2O12S2. The predicted octanol–water partition coefficient (Wildman–Crippen LogP) is 7.46. The number of carbonyl (C=O) groups excluding carboxylic acids is 4. The quantitative estimate of drug-likeness (QED) is 0.0682. The van der Waals surface area contributed by atoms with Gasteiger partial charge in [0.15, 0.2) is 0 Å². The van der Waals surface area contributed by atoms with Crippen molar-refractivity contribution in [3.05, 3.63) is 81.6 Å². The molecular weight excluding hydrogens is 717 g/mol. The van der Waals surface area contributed by atoms with Crippen molar-refractivity contribution in [2.45, 2.75) is 48.7 Å². The van der Waals surface area contributed by atoms with Gasteiger partial charge in [0.1, 0.15) is 40.7 Å². The fourth-order valence-corrected chi connectivity index (χ4v) is 6.53. The SMILES string of the molecule is COC(C)CCOC(=O)Oc1ccc(C(=O)Oc2ccc(OC(=O)c3ccc(OC(=O)OCCC(C)OC)cc3)c3c2SC(=C(C#N)C#N)S3)cc1. The smallest absolute Gasteiger partial charge is 0.434 e. The first-order valence-corrected chi connectivity index (χ1v) is 17.1. The Morgan fingerprint density at radius 3 is 1.35 bits per heavy atom. The van der Waals surface area contributed by atoms with E-state index in [0.29, 0.717) is 26.9 Å². The number of fused-ring (bicyclic) bond motifs is 1. The number of allylic oxidation sites excluding steroid dienone is 1. The van der Waals surface area contributed by atoms with Crippen molar-refractivity contribution in [3.63, 3.8) is 0 Å². The molecule has 0 fully saturated rings. The van der Waals surface area contributed by atoms with E-state index >= 15 is 0 Å². The summed E-state index contributed by atoms with van der Waals surface area (Å²) in [4.78, 5) is 50.8. The van der Waals surface area contributed by atoms with Gasteiger partial charge >= 0.3 is 24.2 Å². The van der Waals surface area contributed by atoms with Crippen LogP contribution in [0.15, 0.2) is 80.3 Å². The first kappa shape index (κ1) is 39.3. The van der Waals surface area contributed by atoms with Gasteiger partial charge in [-0.3, -0.25) is 0 Å². The van der Waals surface area contributed by atoms with E-state index in [1.54, 1.807) is 14.2 Å². The predicted molar refractivity (Wildman–Crippen MR) is 185 cm³/mol. The molecule has 0 radical (unpaired) electrons. The third kappa shape index (κ3) is 11.0. The number of benzene rings is 3. The van der Waals surface area contributed by atoms with Crippen molar-refractivity contribution in [2.75, 3.05) is 27.4 Å². The molecule has 0 aromatic heterocycles. The topological polar surface area (TPSA) is 190 Å². The first-order valence-electron chi connectivity index (χ1n) is 15.5. The molecule has 16 heteroatoms. The number of ether oxygens (including phenoxy) is 8. The van der Waals surface area contributed by atoms with E-state index in [2.05, 4.69) is 0 Å². The second-order valence-electron chi connectivity index (χ2n) is 10.7. The zero-order valence-electron chi connectivity index (χ0n) is 28.4. The number of hydrogen-bond donors (Lipinski definition) is 0. The maximum Gasteiger partial charge on any atom is 0.513 e. The highest BCUT2D eigenvalue weighted by Crippen LogP contribution is 2.59.